The summed E-state index contributed by atoms with van der Waals surface area (Å²) in [6.07, 6.45) is 3.02. The smallest absolute Gasteiger partial charge is 0.252 e. The molecule has 0 aliphatic heterocycles. The van der Waals surface area contributed by atoms with Gasteiger partial charge in [-0.1, -0.05) is 0 Å². The van der Waals surface area contributed by atoms with Crippen molar-refractivity contribution in [2.24, 2.45) is 11.7 Å². The summed E-state index contributed by atoms with van der Waals surface area (Å²) in [4.78, 5) is 1.03. The highest BCUT2D eigenvalue weighted by molar-refractivity contribution is 7.91. The predicted octanol–water partition coefficient (Wildman–Crippen LogP) is 1.67. The van der Waals surface area contributed by atoms with E-state index < -0.39 is 10.0 Å². The van der Waals surface area contributed by atoms with Crippen LogP contribution in [0, 0.1) is 5.92 Å². The fourth-order valence-electron chi connectivity index (χ4n) is 2.01. The third kappa shape index (κ3) is 2.77. The minimum atomic E-state index is -3.33. The van der Waals surface area contributed by atoms with E-state index in [4.69, 9.17) is 5.73 Å². The second-order valence-corrected chi connectivity index (χ2v) is 8.25. The lowest BCUT2D eigenvalue weighted by Crippen LogP contribution is -2.36. The molecule has 0 bridgehead atoms. The van der Waals surface area contributed by atoms with E-state index in [2.05, 4.69) is 0 Å². The van der Waals surface area contributed by atoms with Crippen molar-refractivity contribution in [2.75, 3.05) is 13.6 Å². The third-order valence-corrected chi connectivity index (χ3v) is 7.10. The minimum absolute atomic E-state index is 0.0926. The molecule has 18 heavy (non-hydrogen) atoms. The molecule has 0 amide bonds. The topological polar surface area (TPSA) is 63.4 Å². The number of nitrogens with zero attached hydrogens (tertiary/aromatic N) is 1. The Kier molecular flexibility index (Phi) is 4.11. The Labute approximate surface area is 113 Å². The van der Waals surface area contributed by atoms with Gasteiger partial charge in [0.25, 0.3) is 10.0 Å². The van der Waals surface area contributed by atoms with Crippen LogP contribution in [-0.4, -0.2) is 32.4 Å². The van der Waals surface area contributed by atoms with E-state index >= 15 is 0 Å². The molecule has 1 unspecified atom stereocenters. The molecular formula is C12H20N2O2S2. The lowest BCUT2D eigenvalue weighted by atomic mass is 10.2. The van der Waals surface area contributed by atoms with Crippen LogP contribution < -0.4 is 5.73 Å². The molecule has 1 atom stereocenters. The second-order valence-electron chi connectivity index (χ2n) is 4.86. The van der Waals surface area contributed by atoms with Crippen LogP contribution in [0.1, 0.15) is 24.6 Å². The molecule has 6 heteroatoms. The Bertz CT molecular complexity index is 506. The average molecular weight is 288 g/mol. The highest BCUT2D eigenvalue weighted by Gasteiger charge is 2.36. The first-order valence-corrected chi connectivity index (χ1v) is 8.49. The first kappa shape index (κ1) is 14.0. The molecule has 4 nitrogen and oxygen atoms in total. The maximum atomic E-state index is 12.4. The maximum absolute atomic E-state index is 12.4. The van der Waals surface area contributed by atoms with Crippen LogP contribution in [0.5, 0.6) is 0 Å². The Morgan fingerprint density at radius 2 is 2.17 bits per heavy atom. The predicted molar refractivity (Wildman–Crippen MR) is 74.2 cm³/mol. The molecule has 0 radical (unpaired) electrons. The van der Waals surface area contributed by atoms with Crippen LogP contribution in [0.15, 0.2) is 16.3 Å². The molecule has 0 spiro atoms. The van der Waals surface area contributed by atoms with Gasteiger partial charge in [0, 0.05) is 18.0 Å². The summed E-state index contributed by atoms with van der Waals surface area (Å²) >= 11 is 1.33. The van der Waals surface area contributed by atoms with E-state index in [0.717, 1.165) is 24.1 Å². The fraction of sp³-hybridized carbons (Fsp3) is 0.667. The van der Waals surface area contributed by atoms with Crippen LogP contribution in [0.3, 0.4) is 0 Å². The SMILES string of the molecule is CC(C1CC1)N(C)S(=O)(=O)c1ccc(CCN)s1. The van der Waals surface area contributed by atoms with E-state index in [9.17, 15) is 8.42 Å². The Balaban J connectivity index is 2.17. The van der Waals surface area contributed by atoms with Gasteiger partial charge in [-0.25, -0.2) is 8.42 Å². The van der Waals surface area contributed by atoms with Gasteiger partial charge in [0.1, 0.15) is 4.21 Å². The van der Waals surface area contributed by atoms with Crippen LogP contribution >= 0.6 is 11.3 Å². The normalized spacial score (nSPS) is 18.2. The Morgan fingerprint density at radius 3 is 2.72 bits per heavy atom. The Hall–Kier alpha value is -0.430. The first-order valence-electron chi connectivity index (χ1n) is 6.23. The average Bonchev–Trinajstić information content (AvgIpc) is 3.07. The van der Waals surface area contributed by atoms with Crippen molar-refractivity contribution < 1.29 is 8.42 Å². The van der Waals surface area contributed by atoms with Crippen molar-refractivity contribution in [3.05, 3.63) is 17.0 Å². The standard InChI is InChI=1S/C12H20N2O2S2/c1-9(10-3-4-10)14(2)18(15,16)12-6-5-11(17-12)7-8-13/h5-6,9-10H,3-4,7-8,13H2,1-2H3. The number of hydrogen-bond donors (Lipinski definition) is 1. The number of hydrogen-bond acceptors (Lipinski definition) is 4. The van der Waals surface area contributed by atoms with Crippen molar-refractivity contribution in [3.63, 3.8) is 0 Å². The first-order chi connectivity index (χ1) is 8.46. The highest BCUT2D eigenvalue weighted by atomic mass is 32.2. The van der Waals surface area contributed by atoms with Crippen molar-refractivity contribution in [1.29, 1.82) is 0 Å². The van der Waals surface area contributed by atoms with Crippen LogP contribution in [0.25, 0.3) is 0 Å². The highest BCUT2D eigenvalue weighted by Crippen LogP contribution is 2.37. The van der Waals surface area contributed by atoms with Gasteiger partial charge in [0.2, 0.25) is 0 Å². The van der Waals surface area contributed by atoms with E-state index in [1.54, 1.807) is 13.1 Å². The quantitative estimate of drug-likeness (QED) is 0.866. The molecule has 1 aromatic heterocycles. The Morgan fingerprint density at radius 1 is 1.50 bits per heavy atom. The van der Waals surface area contributed by atoms with Crippen LogP contribution in [0.2, 0.25) is 0 Å². The van der Waals surface area contributed by atoms with Crippen LogP contribution in [-0.2, 0) is 16.4 Å². The summed E-state index contributed by atoms with van der Waals surface area (Å²) in [6.45, 7) is 2.54. The largest absolute Gasteiger partial charge is 0.330 e. The van der Waals surface area contributed by atoms with Crippen molar-refractivity contribution in [2.45, 2.75) is 36.4 Å². The van der Waals surface area contributed by atoms with Gasteiger partial charge in [-0.3, -0.25) is 0 Å². The van der Waals surface area contributed by atoms with Gasteiger partial charge >= 0.3 is 0 Å². The summed E-state index contributed by atoms with van der Waals surface area (Å²) < 4.78 is 26.8. The van der Waals surface area contributed by atoms with E-state index in [-0.39, 0.29) is 6.04 Å². The molecule has 1 fully saturated rings. The number of nitrogens with two attached hydrogens (primary N) is 1. The van der Waals surface area contributed by atoms with Crippen molar-refractivity contribution in [1.82, 2.24) is 4.31 Å². The third-order valence-electron chi connectivity index (χ3n) is 3.54. The summed E-state index contributed by atoms with van der Waals surface area (Å²) in [6, 6.07) is 3.65. The summed E-state index contributed by atoms with van der Waals surface area (Å²) in [5.41, 5.74) is 5.48. The summed E-state index contributed by atoms with van der Waals surface area (Å²) in [5, 5.41) is 0. The molecule has 1 saturated carbocycles. The maximum Gasteiger partial charge on any atom is 0.252 e. The van der Waals surface area contributed by atoms with Gasteiger partial charge in [-0.05, 0) is 50.8 Å². The number of sulfonamides is 1. The van der Waals surface area contributed by atoms with E-state index in [0.29, 0.717) is 16.7 Å². The fourth-order valence-corrected chi connectivity index (χ4v) is 4.99. The van der Waals surface area contributed by atoms with Crippen molar-refractivity contribution in [3.8, 4) is 0 Å². The lowest BCUT2D eigenvalue weighted by molar-refractivity contribution is 0.358. The zero-order valence-corrected chi connectivity index (χ0v) is 12.4. The molecule has 0 aromatic carbocycles. The molecule has 102 valence electrons. The van der Waals surface area contributed by atoms with Gasteiger partial charge in [0.15, 0.2) is 0 Å². The molecule has 0 saturated heterocycles. The molecule has 1 aliphatic carbocycles. The minimum Gasteiger partial charge on any atom is -0.330 e. The molecular weight excluding hydrogens is 268 g/mol. The zero-order chi connectivity index (χ0) is 13.3. The van der Waals surface area contributed by atoms with Crippen LogP contribution in [0.4, 0.5) is 0 Å². The van der Waals surface area contributed by atoms with E-state index in [1.165, 1.54) is 15.6 Å². The van der Waals surface area contributed by atoms with Crippen molar-refractivity contribution >= 4 is 21.4 Å². The summed E-state index contributed by atoms with van der Waals surface area (Å²) in [5.74, 6) is 0.535. The summed E-state index contributed by atoms with van der Waals surface area (Å²) in [7, 11) is -1.65. The van der Waals surface area contributed by atoms with E-state index in [1.807, 2.05) is 13.0 Å². The number of rotatable bonds is 6. The van der Waals surface area contributed by atoms with Gasteiger partial charge in [-0.15, -0.1) is 11.3 Å². The lowest BCUT2D eigenvalue weighted by Gasteiger charge is -2.23. The zero-order valence-electron chi connectivity index (χ0n) is 10.8. The molecule has 1 heterocycles. The van der Waals surface area contributed by atoms with Gasteiger partial charge in [-0.2, -0.15) is 4.31 Å². The molecule has 2 rings (SSSR count). The number of thiophene rings is 1. The molecule has 2 N–H and O–H groups in total. The second kappa shape index (κ2) is 5.28. The van der Waals surface area contributed by atoms with Gasteiger partial charge in [0.05, 0.1) is 0 Å². The molecule has 1 aromatic rings. The monoisotopic (exact) mass is 288 g/mol. The molecule has 1 aliphatic rings. The van der Waals surface area contributed by atoms with Gasteiger partial charge < -0.3 is 5.73 Å².